The van der Waals surface area contributed by atoms with Gasteiger partial charge in [-0.05, 0) is 19.9 Å². The number of amidine groups is 1. The monoisotopic (exact) mass is 199 g/mol. The first-order valence-electron chi connectivity index (χ1n) is 5.46. The van der Waals surface area contributed by atoms with Gasteiger partial charge in [0.1, 0.15) is 0 Å². The zero-order valence-corrected chi connectivity index (χ0v) is 9.25. The second-order valence-electron chi connectivity index (χ2n) is 3.57. The molecule has 14 heavy (non-hydrogen) atoms. The van der Waals surface area contributed by atoms with Gasteiger partial charge in [-0.15, -0.1) is 0 Å². The molecule has 4 nitrogen and oxygen atoms in total. The van der Waals surface area contributed by atoms with Crippen molar-refractivity contribution >= 4 is 6.02 Å². The first kappa shape index (κ1) is 11.3. The van der Waals surface area contributed by atoms with Gasteiger partial charge in [0.15, 0.2) is 0 Å². The zero-order chi connectivity index (χ0) is 10.4. The number of piperazine rings is 1. The number of nitrogens with zero attached hydrogens (tertiary/aromatic N) is 2. The van der Waals surface area contributed by atoms with Crippen molar-refractivity contribution in [3.8, 4) is 0 Å². The van der Waals surface area contributed by atoms with E-state index in [2.05, 4.69) is 11.8 Å². The maximum Gasteiger partial charge on any atom is 0.284 e. The SMILES string of the molecule is CCCN1CCN(C(=N)OCC)CC1. The Kier molecular flexibility index (Phi) is 4.73. The summed E-state index contributed by atoms with van der Waals surface area (Å²) in [6.45, 7) is 9.87. The first-order valence-corrected chi connectivity index (χ1v) is 5.46. The number of nitrogens with one attached hydrogen (secondary N) is 1. The normalized spacial score (nSPS) is 18.3. The van der Waals surface area contributed by atoms with E-state index in [9.17, 15) is 0 Å². The van der Waals surface area contributed by atoms with Crippen LogP contribution >= 0.6 is 0 Å². The molecule has 1 heterocycles. The summed E-state index contributed by atoms with van der Waals surface area (Å²) in [5.74, 6) is 0. The average Bonchev–Trinajstić information content (AvgIpc) is 2.20. The van der Waals surface area contributed by atoms with E-state index < -0.39 is 0 Å². The van der Waals surface area contributed by atoms with Crippen LogP contribution in [0, 0.1) is 5.41 Å². The molecule has 1 N–H and O–H groups in total. The van der Waals surface area contributed by atoms with Crippen molar-refractivity contribution in [2.45, 2.75) is 20.3 Å². The maximum atomic E-state index is 7.64. The largest absolute Gasteiger partial charge is 0.466 e. The second-order valence-corrected chi connectivity index (χ2v) is 3.57. The lowest BCUT2D eigenvalue weighted by Crippen LogP contribution is -2.49. The second kappa shape index (κ2) is 5.86. The Labute approximate surface area is 86.3 Å². The van der Waals surface area contributed by atoms with E-state index in [0.717, 1.165) is 26.2 Å². The third-order valence-corrected chi connectivity index (χ3v) is 2.48. The number of hydrogen-bond acceptors (Lipinski definition) is 3. The summed E-state index contributed by atoms with van der Waals surface area (Å²) < 4.78 is 5.17. The van der Waals surface area contributed by atoms with Gasteiger partial charge in [0.25, 0.3) is 6.02 Å². The molecule has 0 spiro atoms. The minimum Gasteiger partial charge on any atom is -0.466 e. The Bertz CT molecular complexity index is 176. The van der Waals surface area contributed by atoms with Crippen molar-refractivity contribution in [3.63, 3.8) is 0 Å². The molecular weight excluding hydrogens is 178 g/mol. The lowest BCUT2D eigenvalue weighted by molar-refractivity contribution is 0.149. The third-order valence-electron chi connectivity index (χ3n) is 2.48. The highest BCUT2D eigenvalue weighted by Crippen LogP contribution is 2.03. The van der Waals surface area contributed by atoms with Crippen molar-refractivity contribution in [3.05, 3.63) is 0 Å². The third kappa shape index (κ3) is 3.18. The summed E-state index contributed by atoms with van der Waals surface area (Å²) in [6, 6.07) is 0.337. The molecule has 1 rings (SSSR count). The van der Waals surface area contributed by atoms with Crippen molar-refractivity contribution in [2.24, 2.45) is 0 Å². The van der Waals surface area contributed by atoms with Crippen LogP contribution in [0.25, 0.3) is 0 Å². The molecule has 0 aromatic carbocycles. The molecule has 0 unspecified atom stereocenters. The summed E-state index contributed by atoms with van der Waals surface area (Å²) in [6.07, 6.45) is 1.21. The summed E-state index contributed by atoms with van der Waals surface area (Å²) >= 11 is 0. The Morgan fingerprint density at radius 3 is 2.36 bits per heavy atom. The standard InChI is InChI=1S/C10H21N3O/c1-3-5-12-6-8-13(9-7-12)10(11)14-4-2/h11H,3-9H2,1-2H3. The molecule has 1 aliphatic heterocycles. The Balaban J connectivity index is 2.24. The molecule has 1 aliphatic rings. The predicted octanol–water partition coefficient (Wildman–Crippen LogP) is 0.985. The van der Waals surface area contributed by atoms with Gasteiger partial charge in [-0.2, -0.15) is 0 Å². The van der Waals surface area contributed by atoms with Gasteiger partial charge in [0, 0.05) is 26.2 Å². The lowest BCUT2D eigenvalue weighted by atomic mass is 10.3. The van der Waals surface area contributed by atoms with Crippen LogP contribution < -0.4 is 0 Å². The molecule has 0 amide bonds. The van der Waals surface area contributed by atoms with Gasteiger partial charge in [0.05, 0.1) is 6.61 Å². The van der Waals surface area contributed by atoms with E-state index in [1.165, 1.54) is 13.0 Å². The van der Waals surface area contributed by atoms with Gasteiger partial charge in [-0.3, -0.25) is 10.3 Å². The molecule has 0 saturated carbocycles. The molecule has 4 heteroatoms. The van der Waals surface area contributed by atoms with Crippen molar-refractivity contribution < 1.29 is 4.74 Å². The number of rotatable bonds is 3. The fourth-order valence-electron chi connectivity index (χ4n) is 1.72. The Hall–Kier alpha value is -0.770. The molecule has 0 radical (unpaired) electrons. The highest BCUT2D eigenvalue weighted by Gasteiger charge is 2.18. The molecular formula is C10H21N3O. The van der Waals surface area contributed by atoms with Gasteiger partial charge in [-0.25, -0.2) is 0 Å². The van der Waals surface area contributed by atoms with Crippen LogP contribution in [0.15, 0.2) is 0 Å². The zero-order valence-electron chi connectivity index (χ0n) is 9.25. The van der Waals surface area contributed by atoms with E-state index in [-0.39, 0.29) is 0 Å². The van der Waals surface area contributed by atoms with Crippen LogP contribution in [-0.2, 0) is 4.74 Å². The fourth-order valence-corrected chi connectivity index (χ4v) is 1.72. The van der Waals surface area contributed by atoms with Gasteiger partial charge >= 0.3 is 0 Å². The Morgan fingerprint density at radius 2 is 1.86 bits per heavy atom. The van der Waals surface area contributed by atoms with Crippen LogP contribution in [0.3, 0.4) is 0 Å². The number of hydrogen-bond donors (Lipinski definition) is 1. The van der Waals surface area contributed by atoms with Crippen molar-refractivity contribution in [2.75, 3.05) is 39.3 Å². The van der Waals surface area contributed by atoms with E-state index in [1.807, 2.05) is 11.8 Å². The average molecular weight is 199 g/mol. The summed E-state index contributed by atoms with van der Waals surface area (Å²) in [5.41, 5.74) is 0. The molecule has 0 aliphatic carbocycles. The minimum absolute atomic E-state index is 0.337. The molecule has 1 saturated heterocycles. The molecule has 0 aromatic rings. The van der Waals surface area contributed by atoms with Crippen molar-refractivity contribution in [1.82, 2.24) is 9.80 Å². The van der Waals surface area contributed by atoms with Crippen LogP contribution in [0.2, 0.25) is 0 Å². The molecule has 82 valence electrons. The number of ether oxygens (including phenoxy) is 1. The summed E-state index contributed by atoms with van der Waals surface area (Å²) in [5, 5.41) is 7.64. The molecule has 1 fully saturated rings. The van der Waals surface area contributed by atoms with Gasteiger partial charge in [0.2, 0.25) is 0 Å². The van der Waals surface area contributed by atoms with E-state index in [1.54, 1.807) is 0 Å². The van der Waals surface area contributed by atoms with E-state index in [4.69, 9.17) is 10.1 Å². The molecule has 0 atom stereocenters. The van der Waals surface area contributed by atoms with E-state index >= 15 is 0 Å². The van der Waals surface area contributed by atoms with Crippen LogP contribution in [0.1, 0.15) is 20.3 Å². The minimum atomic E-state index is 0.337. The highest BCUT2D eigenvalue weighted by molar-refractivity contribution is 5.70. The maximum absolute atomic E-state index is 7.64. The smallest absolute Gasteiger partial charge is 0.284 e. The van der Waals surface area contributed by atoms with Crippen LogP contribution in [0.5, 0.6) is 0 Å². The topological polar surface area (TPSA) is 39.6 Å². The van der Waals surface area contributed by atoms with Crippen LogP contribution in [0.4, 0.5) is 0 Å². The fraction of sp³-hybridized carbons (Fsp3) is 0.900. The summed E-state index contributed by atoms with van der Waals surface area (Å²) in [7, 11) is 0. The van der Waals surface area contributed by atoms with Crippen LogP contribution in [-0.4, -0.2) is 55.2 Å². The van der Waals surface area contributed by atoms with Gasteiger partial charge < -0.3 is 9.64 Å². The predicted molar refractivity (Wildman–Crippen MR) is 57.7 cm³/mol. The first-order chi connectivity index (χ1) is 6.77. The van der Waals surface area contributed by atoms with E-state index in [0.29, 0.717) is 12.6 Å². The molecule has 0 aromatic heterocycles. The quantitative estimate of drug-likeness (QED) is 0.544. The van der Waals surface area contributed by atoms with Crippen molar-refractivity contribution in [1.29, 1.82) is 5.41 Å². The highest BCUT2D eigenvalue weighted by atomic mass is 16.5. The lowest BCUT2D eigenvalue weighted by Gasteiger charge is -2.35. The van der Waals surface area contributed by atoms with Gasteiger partial charge in [-0.1, -0.05) is 6.92 Å². The summed E-state index contributed by atoms with van der Waals surface area (Å²) in [4.78, 5) is 4.45. The Morgan fingerprint density at radius 1 is 1.21 bits per heavy atom. The molecule has 0 bridgehead atoms.